The predicted molar refractivity (Wildman–Crippen MR) is 33.9 cm³/mol. The minimum absolute atomic E-state index is 0.0740. The van der Waals surface area contributed by atoms with E-state index in [2.05, 4.69) is 0 Å². The second-order valence-electron chi connectivity index (χ2n) is 2.53. The van der Waals surface area contributed by atoms with Gasteiger partial charge in [-0.2, -0.15) is 0 Å². The van der Waals surface area contributed by atoms with Gasteiger partial charge in [0.15, 0.2) is 0 Å². The van der Waals surface area contributed by atoms with Crippen LogP contribution in [0.1, 0.15) is 6.42 Å². The molecule has 2 atom stereocenters. The van der Waals surface area contributed by atoms with Gasteiger partial charge < -0.3 is 14.8 Å². The summed E-state index contributed by atoms with van der Waals surface area (Å²) in [6.45, 7) is 0.655. The minimum atomic E-state index is -1.13. The molecule has 0 heterocycles. The normalized spacial score (nSPS) is 32.3. The van der Waals surface area contributed by atoms with E-state index in [-0.39, 0.29) is 5.82 Å². The number of methoxy groups -OCH3 is 1. The standard InChI is InChI=1S/C5H11BO3/c1-9-3-4-2-5(4)6(7)8/h4-5,7-8H,2-3H2,1H3/t4-,5+/m0/s1. The SMILES string of the molecule is COC[C@@H]1C[C@H]1B(O)O. The summed E-state index contributed by atoms with van der Waals surface area (Å²) in [6.07, 6.45) is 0.894. The van der Waals surface area contributed by atoms with Crippen molar-refractivity contribution in [1.82, 2.24) is 0 Å². The fraction of sp³-hybridized carbons (Fsp3) is 1.00. The molecule has 0 saturated heterocycles. The first-order chi connectivity index (χ1) is 4.25. The topological polar surface area (TPSA) is 49.7 Å². The first-order valence-electron chi connectivity index (χ1n) is 3.10. The highest BCUT2D eigenvalue weighted by Gasteiger charge is 2.45. The molecule has 0 aromatic heterocycles. The fourth-order valence-corrected chi connectivity index (χ4v) is 1.04. The van der Waals surface area contributed by atoms with Gasteiger partial charge in [0.1, 0.15) is 0 Å². The van der Waals surface area contributed by atoms with Gasteiger partial charge >= 0.3 is 7.12 Å². The van der Waals surface area contributed by atoms with E-state index < -0.39 is 7.12 Å². The van der Waals surface area contributed by atoms with Crippen LogP contribution < -0.4 is 0 Å². The van der Waals surface area contributed by atoms with Crippen molar-refractivity contribution in [2.45, 2.75) is 12.2 Å². The van der Waals surface area contributed by atoms with Gasteiger partial charge in [0.2, 0.25) is 0 Å². The van der Waals surface area contributed by atoms with E-state index in [0.29, 0.717) is 12.5 Å². The Bertz CT molecular complexity index is 96.2. The molecule has 0 unspecified atom stereocenters. The summed E-state index contributed by atoms with van der Waals surface area (Å²) < 4.78 is 4.82. The summed E-state index contributed by atoms with van der Waals surface area (Å²) in [5.74, 6) is 0.458. The monoisotopic (exact) mass is 130 g/mol. The third-order valence-corrected chi connectivity index (χ3v) is 1.74. The lowest BCUT2D eigenvalue weighted by molar-refractivity contribution is 0.184. The zero-order valence-corrected chi connectivity index (χ0v) is 5.45. The maximum absolute atomic E-state index is 8.59. The molecule has 3 nitrogen and oxygen atoms in total. The van der Waals surface area contributed by atoms with Gasteiger partial charge in [0, 0.05) is 13.7 Å². The molecule has 0 radical (unpaired) electrons. The van der Waals surface area contributed by atoms with Crippen molar-refractivity contribution in [3.05, 3.63) is 0 Å². The van der Waals surface area contributed by atoms with Crippen LogP contribution in [0.25, 0.3) is 0 Å². The van der Waals surface area contributed by atoms with Crippen LogP contribution in [-0.4, -0.2) is 30.9 Å². The van der Waals surface area contributed by atoms with Crippen LogP contribution in [0.4, 0.5) is 0 Å². The van der Waals surface area contributed by atoms with Crippen molar-refractivity contribution in [3.8, 4) is 0 Å². The number of ether oxygens (including phenoxy) is 1. The lowest BCUT2D eigenvalue weighted by Gasteiger charge is -1.95. The van der Waals surface area contributed by atoms with Gasteiger partial charge in [0.05, 0.1) is 0 Å². The zero-order chi connectivity index (χ0) is 6.85. The van der Waals surface area contributed by atoms with Crippen molar-refractivity contribution in [2.75, 3.05) is 13.7 Å². The molecule has 0 aliphatic heterocycles. The molecule has 52 valence electrons. The molecule has 1 aliphatic carbocycles. The maximum Gasteiger partial charge on any atom is 0.455 e. The highest BCUT2D eigenvalue weighted by atomic mass is 16.5. The smallest absolute Gasteiger partial charge is 0.427 e. The fourth-order valence-electron chi connectivity index (χ4n) is 1.04. The van der Waals surface area contributed by atoms with Crippen LogP contribution in [0.5, 0.6) is 0 Å². The highest BCUT2D eigenvalue weighted by molar-refractivity contribution is 6.44. The summed E-state index contributed by atoms with van der Waals surface area (Å²) in [6, 6.07) is 0. The molecule has 0 bridgehead atoms. The van der Waals surface area contributed by atoms with Crippen molar-refractivity contribution >= 4 is 7.12 Å². The molecule has 0 aromatic carbocycles. The van der Waals surface area contributed by atoms with E-state index in [1.54, 1.807) is 7.11 Å². The van der Waals surface area contributed by atoms with Gasteiger partial charge in [-0.15, -0.1) is 0 Å². The van der Waals surface area contributed by atoms with Gasteiger partial charge in [-0.05, 0) is 18.2 Å². The Morgan fingerprint density at radius 3 is 2.67 bits per heavy atom. The van der Waals surface area contributed by atoms with Crippen molar-refractivity contribution in [2.24, 2.45) is 5.92 Å². The number of rotatable bonds is 3. The van der Waals surface area contributed by atoms with Gasteiger partial charge in [0.25, 0.3) is 0 Å². The van der Waals surface area contributed by atoms with Crippen molar-refractivity contribution < 1.29 is 14.8 Å². The quantitative estimate of drug-likeness (QED) is 0.506. The van der Waals surface area contributed by atoms with E-state index >= 15 is 0 Å². The molecular weight excluding hydrogens is 119 g/mol. The molecule has 1 rings (SSSR count). The third-order valence-electron chi connectivity index (χ3n) is 1.74. The lowest BCUT2D eigenvalue weighted by Crippen LogP contribution is -2.12. The summed E-state index contributed by atoms with van der Waals surface area (Å²) in [5, 5.41) is 17.2. The summed E-state index contributed by atoms with van der Waals surface area (Å²) >= 11 is 0. The van der Waals surface area contributed by atoms with E-state index in [9.17, 15) is 0 Å². The van der Waals surface area contributed by atoms with Gasteiger partial charge in [-0.1, -0.05) is 0 Å². The Balaban J connectivity index is 2.09. The Morgan fingerprint density at radius 1 is 1.67 bits per heavy atom. The molecule has 1 saturated carbocycles. The van der Waals surface area contributed by atoms with Crippen LogP contribution in [0.3, 0.4) is 0 Å². The lowest BCUT2D eigenvalue weighted by atomic mass is 9.82. The number of hydrogen-bond acceptors (Lipinski definition) is 3. The number of hydrogen-bond donors (Lipinski definition) is 2. The van der Waals surface area contributed by atoms with Crippen LogP contribution in [0.2, 0.25) is 5.82 Å². The maximum atomic E-state index is 8.59. The summed E-state index contributed by atoms with van der Waals surface area (Å²) in [7, 11) is 0.490. The second kappa shape index (κ2) is 2.69. The molecule has 1 fully saturated rings. The molecule has 9 heavy (non-hydrogen) atoms. The first kappa shape index (κ1) is 7.06. The largest absolute Gasteiger partial charge is 0.455 e. The van der Waals surface area contributed by atoms with Crippen LogP contribution in [0.15, 0.2) is 0 Å². The third kappa shape index (κ3) is 1.68. The van der Waals surface area contributed by atoms with Gasteiger partial charge in [-0.25, -0.2) is 0 Å². The second-order valence-corrected chi connectivity index (χ2v) is 2.53. The Hall–Kier alpha value is -0.0551. The molecule has 2 N–H and O–H groups in total. The van der Waals surface area contributed by atoms with E-state index in [4.69, 9.17) is 14.8 Å². The molecular formula is C5H11BO3. The van der Waals surface area contributed by atoms with Gasteiger partial charge in [-0.3, -0.25) is 0 Å². The Morgan fingerprint density at radius 2 is 2.33 bits per heavy atom. The van der Waals surface area contributed by atoms with Crippen molar-refractivity contribution in [1.29, 1.82) is 0 Å². The average molecular weight is 130 g/mol. The van der Waals surface area contributed by atoms with Crippen LogP contribution in [-0.2, 0) is 4.74 Å². The highest BCUT2D eigenvalue weighted by Crippen LogP contribution is 2.45. The summed E-state index contributed by atoms with van der Waals surface area (Å²) in [4.78, 5) is 0. The molecule has 1 aliphatic rings. The predicted octanol–water partition coefficient (Wildman–Crippen LogP) is -0.504. The molecule has 0 spiro atoms. The minimum Gasteiger partial charge on any atom is -0.427 e. The molecule has 0 amide bonds. The van der Waals surface area contributed by atoms with E-state index in [0.717, 1.165) is 6.42 Å². The molecule has 4 heteroatoms. The van der Waals surface area contributed by atoms with Crippen LogP contribution in [0, 0.1) is 5.92 Å². The average Bonchev–Trinajstić information content (AvgIpc) is 2.47. The van der Waals surface area contributed by atoms with E-state index in [1.165, 1.54) is 0 Å². The van der Waals surface area contributed by atoms with Crippen LogP contribution >= 0.6 is 0 Å². The van der Waals surface area contributed by atoms with E-state index in [1.807, 2.05) is 0 Å². The zero-order valence-electron chi connectivity index (χ0n) is 5.45. The molecule has 0 aromatic rings. The Kier molecular flexibility index (Phi) is 2.11. The first-order valence-corrected chi connectivity index (χ1v) is 3.10. The summed E-state index contributed by atoms with van der Waals surface area (Å²) in [5.41, 5.74) is 0. The van der Waals surface area contributed by atoms with Crippen molar-refractivity contribution in [3.63, 3.8) is 0 Å². The Labute approximate surface area is 54.8 Å².